The number of aromatic nitrogens is 4. The van der Waals surface area contributed by atoms with E-state index in [1.807, 2.05) is 0 Å². The van der Waals surface area contributed by atoms with Crippen LogP contribution in [-0.2, 0) is 57.7 Å². The molecular weight excluding hydrogens is 1090 g/mol. The second-order valence-electron chi connectivity index (χ2n) is 25.6. The zero-order chi connectivity index (χ0) is 61.4. The lowest BCUT2D eigenvalue weighted by atomic mass is 9.76. The van der Waals surface area contributed by atoms with Gasteiger partial charge in [0.1, 0.15) is 18.2 Å². The number of esters is 2. The Morgan fingerprint density at radius 3 is 1.85 bits per heavy atom. The molecule has 3 fully saturated rings. The fourth-order valence-corrected chi connectivity index (χ4v) is 11.2. The number of ether oxygens (including phenoxy) is 3. The number of hydrogen-bond acceptors (Lipinski definition) is 15. The Kier molecular flexibility index (Phi) is 21.2. The number of hydrazine groups is 1. The first-order valence-electron chi connectivity index (χ1n) is 28.5. The number of rotatable bonds is 23. The Bertz CT molecular complexity index is 2980. The first-order valence-corrected chi connectivity index (χ1v) is 28.5. The summed E-state index contributed by atoms with van der Waals surface area (Å²) in [6.07, 6.45) is 1.77. The number of fused-ring (bicyclic) bond motifs is 2. The van der Waals surface area contributed by atoms with Gasteiger partial charge in [-0.2, -0.15) is 5.10 Å². The number of aliphatic hydroxyl groups excluding tert-OH is 1. The number of anilines is 1. The smallest absolute Gasteiger partial charge is 0.306 e. The minimum atomic E-state index is -2.73. The van der Waals surface area contributed by atoms with Crippen molar-refractivity contribution < 1.29 is 60.9 Å². The Balaban J connectivity index is 1.17. The molecule has 84 heavy (non-hydrogen) atoms. The number of nitrogens with one attached hydrogen (secondary N) is 2. The number of methoxy groups -OCH3 is 2. The van der Waals surface area contributed by atoms with Gasteiger partial charge in [-0.05, 0) is 77.3 Å². The molecule has 2 aromatic heterocycles. The molecule has 7 rings (SSSR count). The maximum atomic E-state index is 16.3. The molecule has 4 aromatic rings. The largest absolute Gasteiger partial charge is 0.469 e. The van der Waals surface area contributed by atoms with Gasteiger partial charge in [0.15, 0.2) is 5.78 Å². The standard InChI is InChI=1S/C62H81F4N9O9/c1-60(2,3)46(26-54(78)82-10)57(80)69-56(62(7,8)9)51(76)25-41(22-38-15-12-37(13-16-38)14-17-39-28-67-59(68-29-39)72-30-42-18-19-43(31-72)75(42)44-35-84-36-44)52(77)33-74(71-58(81)47(61(4,5)6)27-55(79)83-11)32-45-48(63)23-40(24-49(45)64)50-20-21-73(70-50)34-53(65)66/h12-13,15-16,20-21,23-24,28-29,41-44,46-47,52-53,56,77H,18-19,22,25-27,30-36H2,1-11H3,(H,69,80)(H,71,81)/t41-,42?,43?,46-,47-,52+,56-/m1/s1. The predicted molar refractivity (Wildman–Crippen MR) is 305 cm³/mol. The first-order chi connectivity index (χ1) is 39.5. The molecule has 22 heteroatoms. The molecule has 3 aliphatic heterocycles. The van der Waals surface area contributed by atoms with Gasteiger partial charge in [-0.15, -0.1) is 0 Å². The molecule has 3 aliphatic rings. The van der Waals surface area contributed by atoms with Crippen LogP contribution in [0.3, 0.4) is 0 Å². The highest BCUT2D eigenvalue weighted by atomic mass is 19.3. The maximum absolute atomic E-state index is 16.3. The van der Waals surface area contributed by atoms with Crippen LogP contribution in [0.1, 0.15) is 117 Å². The summed E-state index contributed by atoms with van der Waals surface area (Å²) in [7, 11) is 2.40. The lowest BCUT2D eigenvalue weighted by molar-refractivity contribution is -0.148. The number of halogens is 4. The number of carbonyl (C=O) groups is 5. The third-order valence-electron chi connectivity index (χ3n) is 16.1. The Morgan fingerprint density at radius 2 is 1.33 bits per heavy atom. The minimum Gasteiger partial charge on any atom is -0.469 e. The fourth-order valence-electron chi connectivity index (χ4n) is 11.2. The van der Waals surface area contributed by atoms with E-state index in [0.29, 0.717) is 40.8 Å². The molecule has 0 saturated carbocycles. The van der Waals surface area contributed by atoms with Gasteiger partial charge in [0.05, 0.1) is 81.6 Å². The average molecular weight is 1170 g/mol. The topological polar surface area (TPSA) is 211 Å². The number of ketones is 1. The molecule has 3 saturated heterocycles. The average Bonchev–Trinajstić information content (AvgIpc) is 4.03. The number of benzene rings is 2. The third-order valence-corrected chi connectivity index (χ3v) is 16.1. The zero-order valence-electron chi connectivity index (χ0n) is 50.0. The van der Waals surface area contributed by atoms with E-state index in [4.69, 9.17) is 14.2 Å². The molecule has 0 spiro atoms. The van der Waals surface area contributed by atoms with Crippen molar-refractivity contribution in [3.05, 3.63) is 94.9 Å². The monoisotopic (exact) mass is 1170 g/mol. The van der Waals surface area contributed by atoms with Crippen LogP contribution in [0.25, 0.3) is 11.3 Å². The van der Waals surface area contributed by atoms with Crippen LogP contribution in [0.15, 0.2) is 61.1 Å². The summed E-state index contributed by atoms with van der Waals surface area (Å²) in [6.45, 7) is 17.2. The van der Waals surface area contributed by atoms with Crippen LogP contribution in [0.5, 0.6) is 0 Å². The van der Waals surface area contributed by atoms with Crippen LogP contribution in [0.2, 0.25) is 0 Å². The molecular formula is C62H81F4N9O9. The molecule has 7 atom stereocenters. The van der Waals surface area contributed by atoms with Crippen molar-refractivity contribution in [2.75, 3.05) is 52.0 Å². The SMILES string of the molecule is COC(=O)C[C@H](C(=O)N[C@H](C(=O)C[C@@H](Cc1ccc(C#Cc2cnc(N3CC4CCC(C3)N4C3COC3)nc2)cc1)[C@@H](O)CN(Cc1c(F)cc(-c2ccn(CC(F)F)n2)cc1F)NC(=O)[C@@H](CC(=O)OC)C(C)(C)C)C(C)(C)C)C(C)(C)C. The van der Waals surface area contributed by atoms with Crippen molar-refractivity contribution >= 4 is 35.5 Å². The summed E-state index contributed by atoms with van der Waals surface area (Å²) in [6, 6.07) is 10.7. The van der Waals surface area contributed by atoms with Crippen LogP contribution in [-0.4, -0.2) is 148 Å². The van der Waals surface area contributed by atoms with Crippen LogP contribution < -0.4 is 15.6 Å². The van der Waals surface area contributed by atoms with Crippen molar-refractivity contribution in [1.29, 1.82) is 0 Å². The van der Waals surface area contributed by atoms with E-state index in [-0.39, 0.29) is 36.9 Å². The molecule has 2 amide bonds. The molecule has 2 unspecified atom stereocenters. The Labute approximate surface area is 489 Å². The summed E-state index contributed by atoms with van der Waals surface area (Å²) in [5.41, 5.74) is 1.59. The molecule has 2 aromatic carbocycles. The van der Waals surface area contributed by atoms with Crippen LogP contribution >= 0.6 is 0 Å². The summed E-state index contributed by atoms with van der Waals surface area (Å²) >= 11 is 0. The summed E-state index contributed by atoms with van der Waals surface area (Å²) < 4.78 is 75.1. The van der Waals surface area contributed by atoms with Crippen molar-refractivity contribution in [3.63, 3.8) is 0 Å². The zero-order valence-corrected chi connectivity index (χ0v) is 50.0. The number of piperazine rings is 1. The lowest BCUT2D eigenvalue weighted by Gasteiger charge is -2.47. The van der Waals surface area contributed by atoms with E-state index < -0.39 is 119 Å². The van der Waals surface area contributed by atoms with Gasteiger partial charge in [0.2, 0.25) is 17.8 Å². The second kappa shape index (κ2) is 27.5. The third kappa shape index (κ3) is 17.0. The minimum absolute atomic E-state index is 0.0254. The number of amides is 2. The highest BCUT2D eigenvalue weighted by Gasteiger charge is 2.46. The van der Waals surface area contributed by atoms with Gasteiger partial charge >= 0.3 is 11.9 Å². The van der Waals surface area contributed by atoms with Crippen LogP contribution in [0.4, 0.5) is 23.5 Å². The van der Waals surface area contributed by atoms with Gasteiger partial charge in [-0.3, -0.25) is 39.0 Å². The molecule has 456 valence electrons. The molecule has 0 radical (unpaired) electrons. The molecule has 5 heterocycles. The molecule has 3 N–H and O–H groups in total. The van der Waals surface area contributed by atoms with Gasteiger partial charge in [-0.1, -0.05) is 86.3 Å². The number of carbonyl (C=O) groups excluding carboxylic acids is 5. The van der Waals surface area contributed by atoms with E-state index in [9.17, 15) is 37.9 Å². The van der Waals surface area contributed by atoms with Gasteiger partial charge in [0.25, 0.3) is 6.43 Å². The first kappa shape index (κ1) is 64.8. The Morgan fingerprint density at radius 1 is 0.774 bits per heavy atom. The van der Waals surface area contributed by atoms with E-state index in [2.05, 4.69) is 47.4 Å². The van der Waals surface area contributed by atoms with E-state index in [1.165, 1.54) is 26.5 Å². The van der Waals surface area contributed by atoms with Gasteiger partial charge in [-0.25, -0.2) is 32.5 Å². The van der Waals surface area contributed by atoms with Gasteiger partial charge in [0, 0.05) is 80.0 Å². The van der Waals surface area contributed by atoms with Crippen molar-refractivity contribution in [2.24, 2.45) is 34.0 Å². The normalized spacial score (nSPS) is 18.5. The van der Waals surface area contributed by atoms with E-state index >= 15 is 8.78 Å². The summed E-state index contributed by atoms with van der Waals surface area (Å²) in [4.78, 5) is 82.8. The fraction of sp³-hybridized carbons (Fsp3) is 0.581. The Hall–Kier alpha value is -6.80. The van der Waals surface area contributed by atoms with Gasteiger partial charge < -0.3 is 29.5 Å². The van der Waals surface area contributed by atoms with Crippen molar-refractivity contribution in [3.8, 4) is 23.1 Å². The summed E-state index contributed by atoms with van der Waals surface area (Å²) in [5.74, 6) is -1.16. The molecule has 0 aliphatic carbocycles. The van der Waals surface area contributed by atoms with Crippen molar-refractivity contribution in [2.45, 2.75) is 151 Å². The van der Waals surface area contributed by atoms with E-state index in [0.717, 1.165) is 61.0 Å². The molecule has 18 nitrogen and oxygen atoms in total. The van der Waals surface area contributed by atoms with E-state index in [1.54, 1.807) is 99.0 Å². The van der Waals surface area contributed by atoms with Crippen LogP contribution in [0, 0.1) is 57.5 Å². The molecule has 2 bridgehead atoms. The number of aliphatic hydroxyl groups is 1. The van der Waals surface area contributed by atoms with Crippen molar-refractivity contribution in [1.82, 2.24) is 40.4 Å². The highest BCUT2D eigenvalue weighted by molar-refractivity contribution is 5.92. The number of Topliss-reactive ketones (excluding diaryl/α,β-unsaturated/α-hetero) is 1. The number of nitrogens with zero attached hydrogens (tertiary/aromatic N) is 7. The summed E-state index contributed by atoms with van der Waals surface area (Å²) in [5, 5.41) is 20.6. The number of alkyl halides is 2. The lowest BCUT2D eigenvalue weighted by Crippen LogP contribution is -2.62. The second-order valence-corrected chi connectivity index (χ2v) is 25.6. The maximum Gasteiger partial charge on any atom is 0.306 e. The highest BCUT2D eigenvalue weighted by Crippen LogP contribution is 2.36. The predicted octanol–water partition coefficient (Wildman–Crippen LogP) is 7.33. The quantitative estimate of drug-likeness (QED) is 0.0287. The number of hydrogen-bond donors (Lipinski definition) is 3.